The van der Waals surface area contributed by atoms with Crippen LogP contribution < -0.4 is 10.6 Å². The fraction of sp³-hybridized carbons (Fsp3) is 0.575. The molecular formula is C40H53BrF2N3O9PS. The smallest absolute Gasteiger partial charge is 0.408 e. The minimum atomic E-state index is -4.37. The molecule has 1 heterocycles. The molecule has 17 heteroatoms. The summed E-state index contributed by atoms with van der Waals surface area (Å²) in [7, 11) is -8.46. The van der Waals surface area contributed by atoms with Crippen LogP contribution in [0.3, 0.4) is 0 Å². The maximum Gasteiger partial charge on any atom is 0.408 e. The van der Waals surface area contributed by atoms with Crippen LogP contribution in [0.25, 0.3) is 0 Å². The number of ether oxygens (including phenoxy) is 1. The lowest BCUT2D eigenvalue weighted by molar-refractivity contribution is -0.140. The summed E-state index contributed by atoms with van der Waals surface area (Å²) in [5.74, 6) is -3.61. The summed E-state index contributed by atoms with van der Waals surface area (Å²) in [4.78, 5) is 43.4. The van der Waals surface area contributed by atoms with Gasteiger partial charge in [-0.1, -0.05) is 54.3 Å². The van der Waals surface area contributed by atoms with Crippen LogP contribution in [0, 0.1) is 17.6 Å². The molecule has 1 saturated heterocycles. The fourth-order valence-electron chi connectivity index (χ4n) is 7.95. The monoisotopic (exact) mass is 899 g/mol. The van der Waals surface area contributed by atoms with Crippen molar-refractivity contribution in [3.8, 4) is 0 Å². The third-order valence-corrected chi connectivity index (χ3v) is 16.2. The van der Waals surface area contributed by atoms with Crippen LogP contribution in [0.2, 0.25) is 0 Å². The molecular weight excluding hydrogens is 847 g/mol. The van der Waals surface area contributed by atoms with Gasteiger partial charge in [0, 0.05) is 23.0 Å². The fourth-order valence-corrected chi connectivity index (χ4v) is 12.6. The van der Waals surface area contributed by atoms with Crippen molar-refractivity contribution in [2.45, 2.75) is 132 Å². The van der Waals surface area contributed by atoms with E-state index >= 15 is 0 Å². The molecule has 6 atom stereocenters. The number of halogens is 3. The summed E-state index contributed by atoms with van der Waals surface area (Å²) in [6.45, 7) is 6.77. The Kier molecular flexibility index (Phi) is 15.5. The quantitative estimate of drug-likeness (QED) is 0.0577. The van der Waals surface area contributed by atoms with Crippen LogP contribution in [0.15, 0.2) is 64.5 Å². The highest BCUT2D eigenvalue weighted by Gasteiger charge is 2.67. The van der Waals surface area contributed by atoms with Gasteiger partial charge in [-0.25, -0.2) is 13.6 Å². The van der Waals surface area contributed by atoms with E-state index in [1.165, 1.54) is 35.2 Å². The van der Waals surface area contributed by atoms with E-state index in [0.717, 1.165) is 44.2 Å². The van der Waals surface area contributed by atoms with Crippen molar-refractivity contribution in [3.63, 3.8) is 0 Å². The van der Waals surface area contributed by atoms with Gasteiger partial charge >= 0.3 is 6.09 Å². The topological polar surface area (TPSA) is 157 Å². The molecule has 0 spiro atoms. The summed E-state index contributed by atoms with van der Waals surface area (Å²) in [6.07, 6.45) is 5.64. The van der Waals surface area contributed by atoms with Gasteiger partial charge in [0.05, 0.1) is 23.8 Å². The minimum Gasteiger partial charge on any atom is -0.446 e. The number of hydrogen-bond acceptors (Lipinski definition) is 9. The van der Waals surface area contributed by atoms with Crippen molar-refractivity contribution in [2.24, 2.45) is 5.92 Å². The number of unbranched alkanes of at least 4 members (excludes halogenated alkanes) is 3. The first-order chi connectivity index (χ1) is 27.2. The van der Waals surface area contributed by atoms with Crippen LogP contribution in [-0.2, 0) is 43.9 Å². The first-order valence-electron chi connectivity index (χ1n) is 19.7. The van der Waals surface area contributed by atoms with Gasteiger partial charge in [0.15, 0.2) is 0 Å². The number of allylic oxidation sites excluding steroid dienone is 1. The third-order valence-electron chi connectivity index (χ3n) is 11.1. The summed E-state index contributed by atoms with van der Waals surface area (Å²) in [5, 5.41) is 4.10. The van der Waals surface area contributed by atoms with E-state index in [0.29, 0.717) is 30.2 Å². The molecule has 2 N–H and O–H groups in total. The van der Waals surface area contributed by atoms with E-state index in [-0.39, 0.29) is 49.3 Å². The van der Waals surface area contributed by atoms with Gasteiger partial charge in [0.2, 0.25) is 19.2 Å². The van der Waals surface area contributed by atoms with Gasteiger partial charge in [0.1, 0.15) is 35.1 Å². The molecule has 12 nitrogen and oxygen atoms in total. The van der Waals surface area contributed by atoms with E-state index in [9.17, 15) is 36.1 Å². The zero-order chi connectivity index (χ0) is 41.4. The number of alkyl carbamates (subject to hydrolysis) is 1. The molecule has 2 aromatic rings. The summed E-state index contributed by atoms with van der Waals surface area (Å²) < 4.78 is 89.4. The van der Waals surface area contributed by atoms with E-state index in [4.69, 9.17) is 13.4 Å². The maximum absolute atomic E-state index is 15.0. The molecule has 3 aliphatic rings. The van der Waals surface area contributed by atoms with Crippen LogP contribution in [0.5, 0.6) is 0 Å². The lowest BCUT2D eigenvalue weighted by Crippen LogP contribution is -2.55. The van der Waals surface area contributed by atoms with Gasteiger partial charge in [-0.15, -0.1) is 6.58 Å². The minimum absolute atomic E-state index is 0.0730. The standard InChI is InChI=1S/C40H53BrF2N3O9PS/c1-4-7-8-9-10-18-35(44-39(49)54-29-14-11-12-15-29)38(48)46-25-30(55-57(51,52)31-21-19-28(41)20-22-31)23-36(46)37(47)45-40(24-27(40)5-2)56(50,53-6-3)26-32-33(42)16-13-17-34(32)43/h4,13,16-17,19-22,27,29-30,35-36H,1,5-12,14-15,18,23-26H2,2-3H3,(H,44,49)(H,45,47)/t27-,30+,35+,36+,40+,56?/m1/s1. The number of carbonyl (C=O) groups is 3. The van der Waals surface area contributed by atoms with Gasteiger partial charge in [-0.3, -0.25) is 18.3 Å². The van der Waals surface area contributed by atoms with Crippen LogP contribution >= 0.6 is 23.3 Å². The molecule has 0 bridgehead atoms. The number of nitrogens with zero attached hydrogens (tertiary/aromatic N) is 1. The van der Waals surface area contributed by atoms with Crippen LogP contribution in [0.1, 0.15) is 96.5 Å². The van der Waals surface area contributed by atoms with Crippen molar-refractivity contribution >= 4 is 51.3 Å². The predicted octanol–water partition coefficient (Wildman–Crippen LogP) is 8.33. The first kappa shape index (κ1) is 44.9. The van der Waals surface area contributed by atoms with Crippen LogP contribution in [-0.4, -0.2) is 73.9 Å². The van der Waals surface area contributed by atoms with Gasteiger partial charge < -0.3 is 24.8 Å². The van der Waals surface area contributed by atoms with Crippen molar-refractivity contribution in [3.05, 3.63) is 76.8 Å². The Hall–Kier alpha value is -3.17. The molecule has 57 heavy (non-hydrogen) atoms. The average molecular weight is 901 g/mol. The molecule has 0 aromatic heterocycles. The Morgan fingerprint density at radius 1 is 1.05 bits per heavy atom. The molecule has 0 radical (unpaired) electrons. The number of amides is 3. The van der Waals surface area contributed by atoms with Crippen molar-refractivity contribution in [2.75, 3.05) is 13.2 Å². The summed E-state index contributed by atoms with van der Waals surface area (Å²) in [6, 6.07) is 6.63. The van der Waals surface area contributed by atoms with Crippen molar-refractivity contribution < 1.29 is 49.6 Å². The van der Waals surface area contributed by atoms with E-state index in [1.54, 1.807) is 13.0 Å². The Morgan fingerprint density at radius 2 is 1.74 bits per heavy atom. The molecule has 5 rings (SSSR count). The number of hydrogen-bond donors (Lipinski definition) is 2. The number of benzene rings is 2. The Morgan fingerprint density at radius 3 is 2.35 bits per heavy atom. The molecule has 3 amide bonds. The molecule has 2 aliphatic carbocycles. The highest BCUT2D eigenvalue weighted by molar-refractivity contribution is 9.10. The first-order valence-corrected chi connectivity index (χ1v) is 23.7. The third kappa shape index (κ3) is 10.9. The molecule has 1 unspecified atom stereocenters. The Balaban J connectivity index is 1.45. The van der Waals surface area contributed by atoms with E-state index in [1.807, 2.05) is 6.92 Å². The maximum atomic E-state index is 15.0. The lowest BCUT2D eigenvalue weighted by Gasteiger charge is -2.33. The number of likely N-dealkylation sites (tertiary alicyclic amines) is 1. The van der Waals surface area contributed by atoms with E-state index in [2.05, 4.69) is 33.1 Å². The molecule has 314 valence electrons. The normalized spacial score (nSPS) is 23.7. The van der Waals surface area contributed by atoms with Gasteiger partial charge in [-0.2, -0.15) is 8.42 Å². The highest BCUT2D eigenvalue weighted by atomic mass is 79.9. The molecule has 1 aliphatic heterocycles. The largest absolute Gasteiger partial charge is 0.446 e. The van der Waals surface area contributed by atoms with E-state index < -0.39 is 82.2 Å². The lowest BCUT2D eigenvalue weighted by atomic mass is 10.1. The average Bonchev–Trinajstić information content (AvgIpc) is 3.42. The number of carbonyl (C=O) groups excluding carboxylic acids is 3. The van der Waals surface area contributed by atoms with Crippen LogP contribution in [0.4, 0.5) is 13.6 Å². The second kappa shape index (κ2) is 19.7. The van der Waals surface area contributed by atoms with Crippen molar-refractivity contribution in [1.29, 1.82) is 0 Å². The Labute approximate surface area is 342 Å². The summed E-state index contributed by atoms with van der Waals surface area (Å²) >= 11 is 3.29. The predicted molar refractivity (Wildman–Crippen MR) is 214 cm³/mol. The second-order valence-electron chi connectivity index (χ2n) is 15.0. The molecule has 2 aromatic carbocycles. The molecule has 3 fully saturated rings. The number of nitrogens with one attached hydrogen (secondary N) is 2. The summed E-state index contributed by atoms with van der Waals surface area (Å²) in [5.41, 5.74) is -0.430. The zero-order valence-corrected chi connectivity index (χ0v) is 35.7. The zero-order valence-electron chi connectivity index (χ0n) is 32.4. The molecule has 2 saturated carbocycles. The van der Waals surface area contributed by atoms with Crippen molar-refractivity contribution in [1.82, 2.24) is 15.5 Å². The second-order valence-corrected chi connectivity index (χ2v) is 20.2. The van der Waals surface area contributed by atoms with Gasteiger partial charge in [0.25, 0.3) is 10.1 Å². The number of rotatable bonds is 20. The Bertz CT molecular complexity index is 1900. The SMILES string of the molecule is C=CCCCCC[C@H](NC(=O)OC1CCCC1)C(=O)N1C[C@@H](OS(=O)(=O)c2ccc(Br)cc2)C[C@H]1C(=O)N[C@]1(P(=O)(Cc2c(F)cccc2F)OCC)C[C@H]1CC. The highest BCUT2D eigenvalue weighted by Crippen LogP contribution is 2.74. The van der Waals surface area contributed by atoms with Gasteiger partial charge in [-0.05, 0) is 101 Å².